The van der Waals surface area contributed by atoms with Gasteiger partial charge >= 0.3 is 6.18 Å². The number of pyridine rings is 1. The van der Waals surface area contributed by atoms with Gasteiger partial charge in [-0.1, -0.05) is 0 Å². The van der Waals surface area contributed by atoms with E-state index in [1.54, 1.807) is 0 Å². The van der Waals surface area contributed by atoms with E-state index in [0.717, 1.165) is 6.07 Å². The predicted octanol–water partition coefficient (Wildman–Crippen LogP) is 3.91. The van der Waals surface area contributed by atoms with E-state index >= 15 is 0 Å². The van der Waals surface area contributed by atoms with Crippen LogP contribution in [0.2, 0.25) is 0 Å². The molecule has 0 aliphatic heterocycles. The molecule has 0 spiro atoms. The van der Waals surface area contributed by atoms with Crippen LogP contribution < -0.4 is 10.9 Å². The molecule has 6 atom stereocenters. The van der Waals surface area contributed by atoms with Gasteiger partial charge in [-0.15, -0.1) is 0 Å². The van der Waals surface area contributed by atoms with Crippen LogP contribution in [0.5, 0.6) is 0 Å². The van der Waals surface area contributed by atoms with E-state index in [0.29, 0.717) is 0 Å². The van der Waals surface area contributed by atoms with Gasteiger partial charge in [-0.2, -0.15) is 13.2 Å². The van der Waals surface area contributed by atoms with E-state index in [2.05, 4.69) is 10.3 Å². The van der Waals surface area contributed by atoms with Crippen LogP contribution in [-0.4, -0.2) is 41.6 Å². The van der Waals surface area contributed by atoms with Gasteiger partial charge < -0.3 is 15.0 Å². The monoisotopic (exact) mass is 422 g/mol. The lowest BCUT2D eigenvalue weighted by molar-refractivity contribution is -0.205. The normalized spacial score (nSPS) is 33.3. The van der Waals surface area contributed by atoms with Crippen LogP contribution in [0.1, 0.15) is 38.5 Å². The van der Waals surface area contributed by atoms with Crippen LogP contribution >= 0.6 is 0 Å². The van der Waals surface area contributed by atoms with Crippen LogP contribution in [0.4, 0.5) is 27.6 Å². The summed E-state index contributed by atoms with van der Waals surface area (Å²) < 4.78 is 72.8. The topological polar surface area (TPSA) is 71.2 Å². The number of aromatic nitrogens is 1. The van der Waals surface area contributed by atoms with Gasteiger partial charge in [-0.05, 0) is 38.2 Å². The molecule has 0 bridgehead atoms. The molecular weight excluding hydrogens is 399 g/mol. The summed E-state index contributed by atoms with van der Waals surface area (Å²) in [7, 11) is 0. The number of H-pyrrole nitrogens is 1. The Balaban J connectivity index is 1.74. The van der Waals surface area contributed by atoms with Crippen molar-refractivity contribution < 1.29 is 31.5 Å². The van der Waals surface area contributed by atoms with Crippen molar-refractivity contribution in [3.05, 3.63) is 28.7 Å². The molecule has 1 amide bonds. The van der Waals surface area contributed by atoms with Crippen molar-refractivity contribution in [2.45, 2.75) is 69.3 Å². The Labute approximate surface area is 164 Å². The lowest BCUT2D eigenvalue weighted by atomic mass is 9.78. The molecule has 2 aliphatic carbocycles. The van der Waals surface area contributed by atoms with Gasteiger partial charge in [0.15, 0.2) is 0 Å². The summed E-state index contributed by atoms with van der Waals surface area (Å²) in [5.41, 5.74) is -0.239. The average Bonchev–Trinajstić information content (AvgIpc) is 2.63. The molecule has 1 heterocycles. The molecule has 2 fully saturated rings. The van der Waals surface area contributed by atoms with Crippen molar-refractivity contribution in [1.82, 2.24) is 4.98 Å². The van der Waals surface area contributed by atoms with E-state index in [1.165, 1.54) is 12.3 Å². The van der Waals surface area contributed by atoms with Gasteiger partial charge in [-0.3, -0.25) is 9.59 Å². The standard InChI is InChI=1S/C19H23F5N2O3/c20-11-2-4-15(14(21)8-11)29-16-7-10(19(22,23)24)1-3-13(16)18(28)26-12-5-6-25-17(27)9-12/h5-6,9-11,13-16H,1-4,7-8H2,(H2,25,26,27,28). The predicted molar refractivity (Wildman–Crippen MR) is 94.9 cm³/mol. The number of halogens is 5. The van der Waals surface area contributed by atoms with E-state index < -0.39 is 60.5 Å². The second-order valence-electron chi connectivity index (χ2n) is 7.73. The Morgan fingerprint density at radius 1 is 1.10 bits per heavy atom. The Morgan fingerprint density at radius 3 is 2.52 bits per heavy atom. The highest BCUT2D eigenvalue weighted by Gasteiger charge is 2.48. The Morgan fingerprint density at radius 2 is 1.86 bits per heavy atom. The van der Waals surface area contributed by atoms with Crippen molar-refractivity contribution in [2.75, 3.05) is 5.32 Å². The lowest BCUT2D eigenvalue weighted by Crippen LogP contribution is -2.46. The van der Waals surface area contributed by atoms with Gasteiger partial charge in [-0.25, -0.2) is 8.78 Å². The Hall–Kier alpha value is -1.97. The van der Waals surface area contributed by atoms with Gasteiger partial charge in [0.05, 0.1) is 24.0 Å². The number of ether oxygens (including phenoxy) is 1. The molecule has 2 aliphatic rings. The molecule has 162 valence electrons. The summed E-state index contributed by atoms with van der Waals surface area (Å²) in [5.74, 6) is -3.16. The average molecular weight is 422 g/mol. The Bertz CT molecular complexity index is 769. The lowest BCUT2D eigenvalue weighted by Gasteiger charge is -2.39. The molecule has 3 rings (SSSR count). The summed E-state index contributed by atoms with van der Waals surface area (Å²) in [6.45, 7) is 0. The fourth-order valence-electron chi connectivity index (χ4n) is 4.05. The molecule has 2 saturated carbocycles. The maximum absolute atomic E-state index is 14.2. The zero-order valence-corrected chi connectivity index (χ0v) is 15.6. The molecule has 0 aromatic carbocycles. The van der Waals surface area contributed by atoms with E-state index in [4.69, 9.17) is 4.74 Å². The first-order valence-corrected chi connectivity index (χ1v) is 9.63. The first kappa shape index (κ1) is 21.7. The Kier molecular flexibility index (Phi) is 6.60. The first-order chi connectivity index (χ1) is 13.6. The van der Waals surface area contributed by atoms with Crippen molar-refractivity contribution in [1.29, 1.82) is 0 Å². The molecule has 1 aromatic rings. The van der Waals surface area contributed by atoms with Gasteiger partial charge in [0.2, 0.25) is 11.5 Å². The minimum atomic E-state index is -4.44. The summed E-state index contributed by atoms with van der Waals surface area (Å²) in [4.78, 5) is 26.4. The number of amides is 1. The summed E-state index contributed by atoms with van der Waals surface area (Å²) >= 11 is 0. The summed E-state index contributed by atoms with van der Waals surface area (Å²) in [5, 5.41) is 2.52. The van der Waals surface area contributed by atoms with Crippen molar-refractivity contribution in [3.63, 3.8) is 0 Å². The highest BCUT2D eigenvalue weighted by Crippen LogP contribution is 2.42. The maximum Gasteiger partial charge on any atom is 0.391 e. The van der Waals surface area contributed by atoms with E-state index in [1.807, 2.05) is 0 Å². The molecular formula is C19H23F5N2O3. The van der Waals surface area contributed by atoms with Crippen molar-refractivity contribution >= 4 is 11.6 Å². The molecule has 1 aromatic heterocycles. The highest BCUT2D eigenvalue weighted by molar-refractivity contribution is 5.92. The molecule has 10 heteroatoms. The fourth-order valence-corrected chi connectivity index (χ4v) is 4.05. The quantitative estimate of drug-likeness (QED) is 0.723. The SMILES string of the molecule is O=C(Nc1cc[nH]c(=O)c1)C1CCC(C(F)(F)F)CC1OC1CCC(F)CC1F. The van der Waals surface area contributed by atoms with E-state index in [-0.39, 0.29) is 37.8 Å². The number of carbonyl (C=O) groups excluding carboxylic acids is 1. The number of carbonyl (C=O) groups is 1. The molecule has 0 radical (unpaired) electrons. The van der Waals surface area contributed by atoms with E-state index in [9.17, 15) is 31.5 Å². The second kappa shape index (κ2) is 8.81. The van der Waals surface area contributed by atoms with Gasteiger partial charge in [0.1, 0.15) is 12.3 Å². The van der Waals surface area contributed by atoms with Crippen LogP contribution in [0.3, 0.4) is 0 Å². The van der Waals surface area contributed by atoms with Crippen molar-refractivity contribution in [2.24, 2.45) is 11.8 Å². The number of aromatic amines is 1. The zero-order chi connectivity index (χ0) is 21.2. The second-order valence-corrected chi connectivity index (χ2v) is 7.73. The van der Waals surface area contributed by atoms with Crippen molar-refractivity contribution in [3.8, 4) is 0 Å². The van der Waals surface area contributed by atoms with Crippen LogP contribution in [0.15, 0.2) is 23.1 Å². The molecule has 5 nitrogen and oxygen atoms in total. The zero-order valence-electron chi connectivity index (χ0n) is 15.6. The third kappa shape index (κ3) is 5.55. The number of anilines is 1. The van der Waals surface area contributed by atoms with Gasteiger partial charge in [0.25, 0.3) is 0 Å². The number of hydrogen-bond acceptors (Lipinski definition) is 3. The molecule has 29 heavy (non-hydrogen) atoms. The number of hydrogen-bond donors (Lipinski definition) is 2. The van der Waals surface area contributed by atoms with Crippen LogP contribution in [0, 0.1) is 11.8 Å². The highest BCUT2D eigenvalue weighted by atomic mass is 19.4. The number of nitrogens with one attached hydrogen (secondary N) is 2. The van der Waals surface area contributed by atoms with Gasteiger partial charge in [0, 0.05) is 24.4 Å². The summed E-state index contributed by atoms with van der Waals surface area (Å²) in [6, 6.07) is 2.59. The largest absolute Gasteiger partial charge is 0.391 e. The minimum Gasteiger partial charge on any atom is -0.371 e. The maximum atomic E-state index is 14.2. The third-order valence-electron chi connectivity index (χ3n) is 5.63. The first-order valence-electron chi connectivity index (χ1n) is 9.63. The minimum absolute atomic E-state index is 0.0535. The number of rotatable bonds is 4. The smallest absolute Gasteiger partial charge is 0.371 e. The third-order valence-corrected chi connectivity index (χ3v) is 5.63. The summed E-state index contributed by atoms with van der Waals surface area (Å²) in [6.07, 6.45) is -9.23. The molecule has 6 unspecified atom stereocenters. The molecule has 0 saturated heterocycles. The molecule has 2 N–H and O–H groups in total. The number of alkyl halides is 5. The fraction of sp³-hybridized carbons (Fsp3) is 0.684. The van der Waals surface area contributed by atoms with Crippen LogP contribution in [0.25, 0.3) is 0 Å². The van der Waals surface area contributed by atoms with Crippen LogP contribution in [-0.2, 0) is 9.53 Å².